The number of benzene rings is 1. The van der Waals surface area contributed by atoms with Crippen molar-refractivity contribution >= 4 is 17.3 Å². The van der Waals surface area contributed by atoms with E-state index in [1.807, 2.05) is 43.3 Å². The normalized spacial score (nSPS) is 7.31. The summed E-state index contributed by atoms with van der Waals surface area (Å²) in [5.41, 5.74) is 1.06. The third-order valence-corrected chi connectivity index (χ3v) is 1.65. The first-order valence-corrected chi connectivity index (χ1v) is 3.51. The fourth-order valence-corrected chi connectivity index (χ4v) is 1.12. The van der Waals surface area contributed by atoms with Crippen LogP contribution in [0, 0.1) is 0 Å². The molecule has 1 aromatic carbocycles. The number of anilines is 1. The van der Waals surface area contributed by atoms with Gasteiger partial charge < -0.3 is 29.7 Å². The van der Waals surface area contributed by atoms with Gasteiger partial charge >= 0.3 is 19.5 Å². The minimum Gasteiger partial charge on any atom is -1.00 e. The monoisotopic (exact) mass is 289 g/mol. The molecular weight excluding hydrogens is 282 g/mol. The Kier molecular flexibility index (Phi) is 13.4. The summed E-state index contributed by atoms with van der Waals surface area (Å²) in [7, 11) is 3.95. The second-order valence-corrected chi connectivity index (χ2v) is 2.75. The van der Waals surface area contributed by atoms with E-state index in [2.05, 4.69) is 0 Å². The van der Waals surface area contributed by atoms with E-state index in [0.717, 1.165) is 10.7 Å². The van der Waals surface area contributed by atoms with Gasteiger partial charge in [0.05, 0.1) is 10.7 Å². The second-order valence-electron chi connectivity index (χ2n) is 2.35. The van der Waals surface area contributed by atoms with Gasteiger partial charge in [0, 0.05) is 14.1 Å². The molecule has 0 radical (unpaired) electrons. The van der Waals surface area contributed by atoms with E-state index in [4.69, 9.17) is 11.6 Å². The van der Waals surface area contributed by atoms with Gasteiger partial charge in [0.15, 0.2) is 0 Å². The third-order valence-electron chi connectivity index (χ3n) is 1.33. The summed E-state index contributed by atoms with van der Waals surface area (Å²) in [4.78, 5) is 1.99. The van der Waals surface area contributed by atoms with Gasteiger partial charge in [-0.1, -0.05) is 23.7 Å². The molecule has 0 saturated carbocycles. The molecule has 0 aromatic heterocycles. The van der Waals surface area contributed by atoms with Crippen LogP contribution in [0.4, 0.5) is 5.69 Å². The van der Waals surface area contributed by atoms with Crippen molar-refractivity contribution in [3.8, 4) is 0 Å². The maximum absolute atomic E-state index is 5.88. The van der Waals surface area contributed by atoms with E-state index >= 15 is 0 Å². The summed E-state index contributed by atoms with van der Waals surface area (Å²) in [5.74, 6) is 0. The Morgan fingerprint density at radius 3 is 1.85 bits per heavy atom. The Labute approximate surface area is 109 Å². The number of nitrogens with zero attached hydrogens (tertiary/aromatic N) is 1. The van der Waals surface area contributed by atoms with Gasteiger partial charge in [-0.05, 0) is 12.1 Å². The molecule has 1 aromatic rings. The molecule has 1 nitrogen and oxygen atoms in total. The Hall–Kier alpha value is 0.513. The van der Waals surface area contributed by atoms with Crippen LogP contribution >= 0.6 is 11.6 Å². The van der Waals surface area contributed by atoms with Crippen molar-refractivity contribution in [3.63, 3.8) is 0 Å². The van der Waals surface area contributed by atoms with Crippen molar-refractivity contribution in [1.29, 1.82) is 0 Å². The Balaban J connectivity index is -0.000000333. The molecule has 0 bridgehead atoms. The molecule has 0 fully saturated rings. The summed E-state index contributed by atoms with van der Waals surface area (Å²) >= 11 is 5.88. The first-order valence-electron chi connectivity index (χ1n) is 3.13. The summed E-state index contributed by atoms with van der Waals surface area (Å²) in [6, 6.07) is 7.77. The van der Waals surface area contributed by atoms with Gasteiger partial charge in [0.1, 0.15) is 0 Å². The first-order chi connectivity index (χ1) is 4.72. The van der Waals surface area contributed by atoms with Gasteiger partial charge in [-0.2, -0.15) is 0 Å². The molecule has 0 aliphatic carbocycles. The van der Waals surface area contributed by atoms with Crippen molar-refractivity contribution < 1.29 is 44.3 Å². The molecule has 0 unspecified atom stereocenters. The molecule has 0 saturated heterocycles. The van der Waals surface area contributed by atoms with Gasteiger partial charge in [0.25, 0.3) is 0 Å². The molecular formula is C8H10Cl3NZn. The third kappa shape index (κ3) is 5.75. The van der Waals surface area contributed by atoms with Crippen LogP contribution < -0.4 is 29.7 Å². The van der Waals surface area contributed by atoms with Crippen molar-refractivity contribution in [2.24, 2.45) is 0 Å². The quantitative estimate of drug-likeness (QED) is 0.484. The minimum absolute atomic E-state index is 0. The zero-order valence-corrected chi connectivity index (χ0v) is 12.8. The van der Waals surface area contributed by atoms with Crippen molar-refractivity contribution in [1.82, 2.24) is 0 Å². The molecule has 5 heteroatoms. The Bertz CT molecular complexity index is 230. The summed E-state index contributed by atoms with van der Waals surface area (Å²) in [5, 5.41) is 0.799. The van der Waals surface area contributed by atoms with Crippen LogP contribution in [0.25, 0.3) is 0 Å². The number of rotatable bonds is 1. The number of hydrogen-bond donors (Lipinski definition) is 0. The van der Waals surface area contributed by atoms with E-state index in [1.165, 1.54) is 0 Å². The molecule has 0 amide bonds. The van der Waals surface area contributed by atoms with Crippen molar-refractivity contribution in [2.45, 2.75) is 0 Å². The van der Waals surface area contributed by atoms with E-state index < -0.39 is 0 Å². The Morgan fingerprint density at radius 1 is 1.08 bits per heavy atom. The average Bonchev–Trinajstić information content (AvgIpc) is 1.88. The molecule has 0 aliphatic rings. The van der Waals surface area contributed by atoms with Crippen LogP contribution in [0.2, 0.25) is 5.02 Å². The largest absolute Gasteiger partial charge is 2.00 e. The fourth-order valence-electron chi connectivity index (χ4n) is 0.814. The topological polar surface area (TPSA) is 3.24 Å². The van der Waals surface area contributed by atoms with Crippen LogP contribution in [0.1, 0.15) is 0 Å². The fraction of sp³-hybridized carbons (Fsp3) is 0.250. The maximum Gasteiger partial charge on any atom is 2.00 e. The smallest absolute Gasteiger partial charge is 1.00 e. The number of halogens is 3. The van der Waals surface area contributed by atoms with Crippen LogP contribution in [-0.4, -0.2) is 14.1 Å². The van der Waals surface area contributed by atoms with E-state index in [1.54, 1.807) is 0 Å². The summed E-state index contributed by atoms with van der Waals surface area (Å²) < 4.78 is 0. The summed E-state index contributed by atoms with van der Waals surface area (Å²) in [6.45, 7) is 0. The molecule has 0 heterocycles. The predicted octanol–water partition coefficient (Wildman–Crippen LogP) is -3.59. The number of hydrogen-bond acceptors (Lipinski definition) is 1. The zero-order valence-electron chi connectivity index (χ0n) is 7.60. The van der Waals surface area contributed by atoms with Crippen LogP contribution in [0.5, 0.6) is 0 Å². The van der Waals surface area contributed by atoms with Gasteiger partial charge in [0.2, 0.25) is 0 Å². The van der Waals surface area contributed by atoms with Crippen LogP contribution in [0.15, 0.2) is 24.3 Å². The minimum atomic E-state index is 0. The number of para-hydroxylation sites is 1. The SMILES string of the molecule is CN(C)c1ccccc1Cl.[Cl-].[Cl-].[Zn+2]. The first kappa shape index (κ1) is 19.1. The molecule has 0 spiro atoms. The molecule has 1 rings (SSSR count). The Morgan fingerprint density at radius 2 is 1.54 bits per heavy atom. The van der Waals surface area contributed by atoms with Gasteiger partial charge in [-0.15, -0.1) is 0 Å². The molecule has 13 heavy (non-hydrogen) atoms. The zero-order chi connectivity index (χ0) is 7.56. The molecule has 0 N–H and O–H groups in total. The van der Waals surface area contributed by atoms with E-state index in [9.17, 15) is 0 Å². The van der Waals surface area contributed by atoms with Gasteiger partial charge in [-0.25, -0.2) is 0 Å². The standard InChI is InChI=1S/C8H10ClN.2ClH.Zn/c1-10(2)8-6-4-3-5-7(8)9;;;/h3-6H,1-2H3;2*1H;/q;;;+2/p-2. The average molecular weight is 292 g/mol. The van der Waals surface area contributed by atoms with Crippen LogP contribution in [0.3, 0.4) is 0 Å². The molecule has 70 valence electrons. The van der Waals surface area contributed by atoms with Crippen LogP contribution in [-0.2, 0) is 19.5 Å². The molecule has 0 atom stereocenters. The molecule has 0 aliphatic heterocycles. The maximum atomic E-state index is 5.88. The second kappa shape index (κ2) is 9.08. The van der Waals surface area contributed by atoms with E-state index in [0.29, 0.717) is 0 Å². The van der Waals surface area contributed by atoms with Crippen molar-refractivity contribution in [3.05, 3.63) is 29.3 Å². The van der Waals surface area contributed by atoms with Crippen molar-refractivity contribution in [2.75, 3.05) is 19.0 Å². The van der Waals surface area contributed by atoms with Gasteiger partial charge in [-0.3, -0.25) is 0 Å². The van der Waals surface area contributed by atoms with E-state index in [-0.39, 0.29) is 44.3 Å². The predicted molar refractivity (Wildman–Crippen MR) is 45.8 cm³/mol. The summed E-state index contributed by atoms with van der Waals surface area (Å²) in [6.07, 6.45) is 0.